The Morgan fingerprint density at radius 3 is 2.54 bits per heavy atom. The Morgan fingerprint density at radius 1 is 1.00 bits per heavy atom. The number of aromatic nitrogens is 2. The van der Waals surface area contributed by atoms with Gasteiger partial charge in [0.1, 0.15) is 11.5 Å². The van der Waals surface area contributed by atoms with E-state index < -0.39 is 0 Å². The van der Waals surface area contributed by atoms with Crippen molar-refractivity contribution < 1.29 is 9.21 Å². The van der Waals surface area contributed by atoms with Crippen molar-refractivity contribution in [3.8, 4) is 22.6 Å². The molecule has 5 heteroatoms. The van der Waals surface area contributed by atoms with Crippen molar-refractivity contribution in [1.29, 1.82) is 0 Å². The van der Waals surface area contributed by atoms with Crippen molar-refractivity contribution in [3.05, 3.63) is 84.3 Å². The van der Waals surface area contributed by atoms with Gasteiger partial charge < -0.3 is 9.73 Å². The molecule has 2 N–H and O–H groups in total. The minimum atomic E-state index is -0.279. The zero-order valence-electron chi connectivity index (χ0n) is 14.2. The van der Waals surface area contributed by atoms with E-state index in [1.165, 1.54) is 0 Å². The van der Waals surface area contributed by atoms with Crippen LogP contribution in [0.25, 0.3) is 22.6 Å². The van der Waals surface area contributed by atoms with Crippen LogP contribution in [-0.2, 0) is 0 Å². The highest BCUT2D eigenvalue weighted by atomic mass is 16.3. The van der Waals surface area contributed by atoms with Crippen LogP contribution in [0.1, 0.15) is 16.2 Å². The molecule has 0 radical (unpaired) electrons. The number of nitrogens with zero attached hydrogens (tertiary/aromatic N) is 1. The Labute approximate surface area is 150 Å². The topological polar surface area (TPSA) is 70.9 Å². The fourth-order valence-corrected chi connectivity index (χ4v) is 2.79. The van der Waals surface area contributed by atoms with E-state index in [4.69, 9.17) is 4.42 Å². The van der Waals surface area contributed by atoms with E-state index in [-0.39, 0.29) is 5.91 Å². The molecule has 0 fully saturated rings. The van der Waals surface area contributed by atoms with Crippen LogP contribution in [0.15, 0.2) is 77.2 Å². The van der Waals surface area contributed by atoms with Crippen molar-refractivity contribution >= 4 is 11.6 Å². The lowest BCUT2D eigenvalue weighted by Crippen LogP contribution is -2.13. The summed E-state index contributed by atoms with van der Waals surface area (Å²) in [6.07, 6.45) is 0. The average Bonchev–Trinajstić information content (AvgIpc) is 3.32. The van der Waals surface area contributed by atoms with E-state index in [0.717, 1.165) is 22.6 Å². The van der Waals surface area contributed by atoms with Crippen molar-refractivity contribution in [1.82, 2.24) is 10.2 Å². The van der Waals surface area contributed by atoms with E-state index in [2.05, 4.69) is 15.5 Å². The Balaban J connectivity index is 1.59. The van der Waals surface area contributed by atoms with Gasteiger partial charge in [0.15, 0.2) is 11.5 Å². The number of amides is 1. The van der Waals surface area contributed by atoms with Gasteiger partial charge in [0.05, 0.1) is 0 Å². The van der Waals surface area contributed by atoms with Crippen LogP contribution < -0.4 is 5.32 Å². The molecule has 2 heterocycles. The number of rotatable bonds is 4. The number of para-hydroxylation sites is 1. The first-order valence-corrected chi connectivity index (χ1v) is 8.29. The van der Waals surface area contributed by atoms with Crippen LogP contribution in [0.3, 0.4) is 0 Å². The van der Waals surface area contributed by atoms with Crippen molar-refractivity contribution in [2.45, 2.75) is 6.92 Å². The normalized spacial score (nSPS) is 10.7. The van der Waals surface area contributed by atoms with Gasteiger partial charge in [-0.25, -0.2) is 0 Å². The number of benzene rings is 2. The molecular weight excluding hydrogens is 326 g/mol. The molecule has 5 nitrogen and oxygen atoms in total. The van der Waals surface area contributed by atoms with Gasteiger partial charge in [0, 0.05) is 17.3 Å². The molecule has 1 amide bonds. The van der Waals surface area contributed by atoms with Gasteiger partial charge >= 0.3 is 0 Å². The van der Waals surface area contributed by atoms with Crippen LogP contribution in [0.4, 0.5) is 5.69 Å². The molecule has 0 aliphatic rings. The number of hydrogen-bond acceptors (Lipinski definition) is 3. The summed E-state index contributed by atoms with van der Waals surface area (Å²) >= 11 is 0. The molecule has 0 bridgehead atoms. The number of aryl methyl sites for hydroxylation is 1. The number of nitrogens with one attached hydrogen (secondary N) is 2. The summed E-state index contributed by atoms with van der Waals surface area (Å²) in [6, 6.07) is 23.0. The zero-order valence-corrected chi connectivity index (χ0v) is 14.2. The average molecular weight is 343 g/mol. The minimum absolute atomic E-state index is 0.279. The molecule has 0 atom stereocenters. The Kier molecular flexibility index (Phi) is 4.11. The predicted molar refractivity (Wildman–Crippen MR) is 101 cm³/mol. The fourth-order valence-electron chi connectivity index (χ4n) is 2.79. The molecule has 0 saturated carbocycles. The van der Waals surface area contributed by atoms with Gasteiger partial charge in [0.25, 0.3) is 5.91 Å². The summed E-state index contributed by atoms with van der Waals surface area (Å²) < 4.78 is 5.55. The van der Waals surface area contributed by atoms with Gasteiger partial charge in [-0.15, -0.1) is 0 Å². The molecule has 26 heavy (non-hydrogen) atoms. The highest BCUT2D eigenvalue weighted by Gasteiger charge is 2.15. The second-order valence-electron chi connectivity index (χ2n) is 5.94. The number of hydrogen-bond donors (Lipinski definition) is 2. The van der Waals surface area contributed by atoms with E-state index in [1.807, 2.05) is 73.7 Å². The first kappa shape index (κ1) is 15.9. The maximum Gasteiger partial charge on any atom is 0.276 e. The van der Waals surface area contributed by atoms with E-state index >= 15 is 0 Å². The molecule has 2 aromatic heterocycles. The quantitative estimate of drug-likeness (QED) is 0.554. The molecule has 0 saturated heterocycles. The lowest BCUT2D eigenvalue weighted by Gasteiger charge is -2.10. The number of carbonyl (C=O) groups excluding carboxylic acids is 1. The Bertz CT molecular complexity index is 1050. The van der Waals surface area contributed by atoms with Gasteiger partial charge in [-0.1, -0.05) is 48.5 Å². The van der Waals surface area contributed by atoms with Crippen LogP contribution in [0.5, 0.6) is 0 Å². The van der Waals surface area contributed by atoms with Gasteiger partial charge in [-0.05, 0) is 30.7 Å². The van der Waals surface area contributed by atoms with Crippen LogP contribution in [-0.4, -0.2) is 16.1 Å². The van der Waals surface area contributed by atoms with Gasteiger partial charge in [-0.2, -0.15) is 5.10 Å². The molecule has 2 aromatic carbocycles. The highest BCUT2D eigenvalue weighted by Crippen LogP contribution is 2.28. The maximum absolute atomic E-state index is 12.6. The maximum atomic E-state index is 12.6. The summed E-state index contributed by atoms with van der Waals surface area (Å²) in [4.78, 5) is 12.6. The van der Waals surface area contributed by atoms with Crippen molar-refractivity contribution in [2.75, 3.05) is 5.32 Å². The first-order chi connectivity index (χ1) is 12.7. The Morgan fingerprint density at radius 2 is 1.77 bits per heavy atom. The molecular formula is C21H17N3O2. The monoisotopic (exact) mass is 343 g/mol. The summed E-state index contributed by atoms with van der Waals surface area (Å²) in [6.45, 7) is 1.87. The minimum Gasteiger partial charge on any atom is -0.460 e. The largest absolute Gasteiger partial charge is 0.460 e. The predicted octanol–water partition coefficient (Wildman–Crippen LogP) is 4.90. The number of anilines is 1. The van der Waals surface area contributed by atoms with Gasteiger partial charge in [-0.3, -0.25) is 9.89 Å². The summed E-state index contributed by atoms with van der Waals surface area (Å²) in [5.41, 5.74) is 3.70. The summed E-state index contributed by atoms with van der Waals surface area (Å²) in [5, 5.41) is 9.89. The summed E-state index contributed by atoms with van der Waals surface area (Å²) in [5.74, 6) is 1.18. The molecule has 4 rings (SSSR count). The second-order valence-corrected chi connectivity index (χ2v) is 5.94. The number of aromatic amines is 1. The third-order valence-electron chi connectivity index (χ3n) is 4.08. The van der Waals surface area contributed by atoms with Crippen molar-refractivity contribution in [3.63, 3.8) is 0 Å². The fraction of sp³-hybridized carbons (Fsp3) is 0.0476. The number of H-pyrrole nitrogens is 1. The molecule has 0 unspecified atom stereocenters. The second kappa shape index (κ2) is 6.72. The highest BCUT2D eigenvalue weighted by molar-refractivity contribution is 6.05. The molecule has 4 aromatic rings. The van der Waals surface area contributed by atoms with Crippen molar-refractivity contribution in [2.24, 2.45) is 0 Å². The Hall–Kier alpha value is -3.60. The van der Waals surface area contributed by atoms with E-state index in [0.29, 0.717) is 17.1 Å². The lowest BCUT2D eigenvalue weighted by molar-refractivity contribution is 0.102. The summed E-state index contributed by atoms with van der Waals surface area (Å²) in [7, 11) is 0. The van der Waals surface area contributed by atoms with Crippen LogP contribution in [0, 0.1) is 6.92 Å². The number of carbonyl (C=O) groups is 1. The van der Waals surface area contributed by atoms with Gasteiger partial charge in [0.2, 0.25) is 0 Å². The molecule has 0 aliphatic heterocycles. The molecule has 128 valence electrons. The number of furan rings is 1. The SMILES string of the molecule is Cc1ccc(-c2cc(C(=O)Nc3ccccc3-c3ccccc3)n[nH]2)o1. The standard InChI is InChI=1S/C21H17N3O2/c1-14-11-12-20(26-14)18-13-19(24-23-18)21(25)22-17-10-6-5-9-16(17)15-7-3-2-4-8-15/h2-13H,1H3,(H,22,25)(H,23,24). The smallest absolute Gasteiger partial charge is 0.276 e. The third-order valence-corrected chi connectivity index (χ3v) is 4.08. The lowest BCUT2D eigenvalue weighted by atomic mass is 10.0. The van der Waals surface area contributed by atoms with Crippen LogP contribution >= 0.6 is 0 Å². The third kappa shape index (κ3) is 3.15. The van der Waals surface area contributed by atoms with E-state index in [9.17, 15) is 4.79 Å². The van der Waals surface area contributed by atoms with Crippen LogP contribution in [0.2, 0.25) is 0 Å². The molecule has 0 aliphatic carbocycles. The van der Waals surface area contributed by atoms with E-state index in [1.54, 1.807) is 6.07 Å². The first-order valence-electron chi connectivity index (χ1n) is 8.29. The molecule has 0 spiro atoms. The zero-order chi connectivity index (χ0) is 17.9.